The van der Waals surface area contributed by atoms with E-state index in [9.17, 15) is 9.59 Å². The molecular formula is C18H20O2. The zero-order valence-corrected chi connectivity index (χ0v) is 11.9. The highest BCUT2D eigenvalue weighted by molar-refractivity contribution is 6.27. The van der Waals surface area contributed by atoms with E-state index in [1.54, 1.807) is 12.1 Å². The summed E-state index contributed by atoms with van der Waals surface area (Å²) >= 11 is 0. The van der Waals surface area contributed by atoms with E-state index < -0.39 is 0 Å². The van der Waals surface area contributed by atoms with Crippen molar-refractivity contribution < 1.29 is 9.59 Å². The summed E-state index contributed by atoms with van der Waals surface area (Å²) in [4.78, 5) is 25.5. The molecule has 20 heavy (non-hydrogen) atoms. The summed E-state index contributed by atoms with van der Waals surface area (Å²) in [6.07, 6.45) is 6.37. The molecule has 2 nitrogen and oxygen atoms in total. The Morgan fingerprint density at radius 3 is 2.15 bits per heavy atom. The smallest absolute Gasteiger partial charge is 0.190 e. The van der Waals surface area contributed by atoms with Crippen LogP contribution in [0.25, 0.3) is 0 Å². The van der Waals surface area contributed by atoms with Gasteiger partial charge in [0.15, 0.2) is 11.6 Å². The summed E-state index contributed by atoms with van der Waals surface area (Å²) in [5, 5.41) is 0. The standard InChI is InChI=1S/C18H20O2/c1-2-13-16(12-8-4-3-5-9-12)18(20)15-11-7-6-10-14(15)17(13)19/h6-7,10-12H,2-5,8-9H2,1H3. The van der Waals surface area contributed by atoms with Crippen LogP contribution in [-0.2, 0) is 0 Å². The number of allylic oxidation sites excluding steroid dienone is 2. The van der Waals surface area contributed by atoms with Crippen LogP contribution in [0.2, 0.25) is 0 Å². The molecule has 1 saturated carbocycles. The average molecular weight is 268 g/mol. The van der Waals surface area contributed by atoms with Gasteiger partial charge in [0.25, 0.3) is 0 Å². The van der Waals surface area contributed by atoms with E-state index in [2.05, 4.69) is 0 Å². The molecule has 0 N–H and O–H groups in total. The number of fused-ring (bicyclic) bond motifs is 1. The van der Waals surface area contributed by atoms with Gasteiger partial charge in [-0.1, -0.05) is 50.5 Å². The van der Waals surface area contributed by atoms with Gasteiger partial charge >= 0.3 is 0 Å². The van der Waals surface area contributed by atoms with Crippen molar-refractivity contribution in [2.45, 2.75) is 45.4 Å². The number of ketones is 2. The number of carbonyl (C=O) groups excluding carboxylic acids is 2. The fourth-order valence-corrected chi connectivity index (χ4v) is 3.62. The highest BCUT2D eigenvalue weighted by atomic mass is 16.1. The minimum atomic E-state index is 0.0725. The zero-order chi connectivity index (χ0) is 14.1. The van der Waals surface area contributed by atoms with Crippen LogP contribution in [0.3, 0.4) is 0 Å². The zero-order valence-electron chi connectivity index (χ0n) is 11.9. The Bertz CT molecular complexity index is 589. The molecule has 0 aromatic heterocycles. The number of hydrogen-bond acceptors (Lipinski definition) is 2. The summed E-state index contributed by atoms with van der Waals surface area (Å²) in [5.41, 5.74) is 2.79. The molecule has 2 heteroatoms. The lowest BCUT2D eigenvalue weighted by atomic mass is 9.73. The van der Waals surface area contributed by atoms with Gasteiger partial charge in [0.2, 0.25) is 0 Å². The molecule has 2 aliphatic carbocycles. The highest BCUT2D eigenvalue weighted by Gasteiger charge is 2.35. The van der Waals surface area contributed by atoms with E-state index in [4.69, 9.17) is 0 Å². The molecule has 0 spiro atoms. The summed E-state index contributed by atoms with van der Waals surface area (Å²) in [5.74, 6) is 0.468. The van der Waals surface area contributed by atoms with Crippen molar-refractivity contribution in [2.75, 3.05) is 0 Å². The van der Waals surface area contributed by atoms with Crippen LogP contribution < -0.4 is 0 Å². The Kier molecular flexibility index (Phi) is 3.56. The van der Waals surface area contributed by atoms with Crippen LogP contribution in [0.4, 0.5) is 0 Å². The van der Waals surface area contributed by atoms with Crippen LogP contribution in [0.5, 0.6) is 0 Å². The number of rotatable bonds is 2. The third-order valence-electron chi connectivity index (χ3n) is 4.63. The number of hydrogen-bond donors (Lipinski definition) is 0. The van der Waals surface area contributed by atoms with Gasteiger partial charge in [0, 0.05) is 22.3 Å². The van der Waals surface area contributed by atoms with Crippen molar-refractivity contribution in [3.05, 3.63) is 46.5 Å². The Morgan fingerprint density at radius 1 is 0.950 bits per heavy atom. The lowest BCUT2D eigenvalue weighted by Crippen LogP contribution is -2.27. The van der Waals surface area contributed by atoms with Crippen molar-refractivity contribution >= 4 is 11.6 Å². The van der Waals surface area contributed by atoms with E-state index >= 15 is 0 Å². The SMILES string of the molecule is CCC1=C(C2CCCCC2)C(=O)c2ccccc2C1=O. The number of Topliss-reactive ketones (excluding diaryl/α,β-unsaturated/α-hetero) is 2. The summed E-state index contributed by atoms with van der Waals surface area (Å²) in [7, 11) is 0. The minimum Gasteiger partial charge on any atom is -0.289 e. The number of benzene rings is 1. The lowest BCUT2D eigenvalue weighted by molar-refractivity contribution is 0.0958. The molecule has 104 valence electrons. The summed E-state index contributed by atoms with van der Waals surface area (Å²) in [6, 6.07) is 7.26. The van der Waals surface area contributed by atoms with Crippen LogP contribution in [0.15, 0.2) is 35.4 Å². The van der Waals surface area contributed by atoms with Gasteiger partial charge in [-0.25, -0.2) is 0 Å². The maximum Gasteiger partial charge on any atom is 0.190 e. The van der Waals surface area contributed by atoms with E-state index in [1.165, 1.54) is 19.3 Å². The number of carbonyl (C=O) groups is 2. The molecule has 0 amide bonds. The van der Waals surface area contributed by atoms with Gasteiger partial charge in [-0.15, -0.1) is 0 Å². The van der Waals surface area contributed by atoms with Crippen molar-refractivity contribution in [1.29, 1.82) is 0 Å². The van der Waals surface area contributed by atoms with E-state index in [-0.39, 0.29) is 11.6 Å². The fourth-order valence-electron chi connectivity index (χ4n) is 3.62. The maximum atomic E-state index is 12.8. The van der Waals surface area contributed by atoms with Gasteiger partial charge in [0.05, 0.1) is 0 Å². The van der Waals surface area contributed by atoms with Gasteiger partial charge in [-0.05, 0) is 25.2 Å². The first kappa shape index (κ1) is 13.3. The quantitative estimate of drug-likeness (QED) is 0.799. The largest absolute Gasteiger partial charge is 0.289 e. The van der Waals surface area contributed by atoms with Gasteiger partial charge in [-0.3, -0.25) is 9.59 Å². The Labute approximate surface area is 119 Å². The topological polar surface area (TPSA) is 34.1 Å². The molecule has 0 bridgehead atoms. The molecule has 2 aliphatic rings. The second-order valence-corrected chi connectivity index (χ2v) is 5.78. The molecule has 1 aromatic rings. The van der Waals surface area contributed by atoms with Crippen molar-refractivity contribution in [3.63, 3.8) is 0 Å². The van der Waals surface area contributed by atoms with E-state index in [1.807, 2.05) is 19.1 Å². The molecule has 0 radical (unpaired) electrons. The molecule has 0 aliphatic heterocycles. The van der Waals surface area contributed by atoms with Gasteiger partial charge < -0.3 is 0 Å². The Balaban J connectivity index is 2.10. The molecule has 1 fully saturated rings. The molecule has 0 heterocycles. The first-order chi connectivity index (χ1) is 9.74. The van der Waals surface area contributed by atoms with Gasteiger partial charge in [0.1, 0.15) is 0 Å². The van der Waals surface area contributed by atoms with Gasteiger partial charge in [-0.2, -0.15) is 0 Å². The third-order valence-corrected chi connectivity index (χ3v) is 4.63. The van der Waals surface area contributed by atoms with Crippen molar-refractivity contribution in [2.24, 2.45) is 5.92 Å². The van der Waals surface area contributed by atoms with Crippen molar-refractivity contribution in [3.8, 4) is 0 Å². The van der Waals surface area contributed by atoms with E-state index in [0.717, 1.165) is 24.0 Å². The molecular weight excluding hydrogens is 248 g/mol. The second-order valence-electron chi connectivity index (χ2n) is 5.78. The monoisotopic (exact) mass is 268 g/mol. The Morgan fingerprint density at radius 2 is 1.55 bits per heavy atom. The molecule has 1 aromatic carbocycles. The molecule has 0 atom stereocenters. The maximum absolute atomic E-state index is 12.8. The molecule has 0 unspecified atom stereocenters. The van der Waals surface area contributed by atoms with Crippen molar-refractivity contribution in [1.82, 2.24) is 0 Å². The lowest BCUT2D eigenvalue weighted by Gasteiger charge is -2.29. The average Bonchev–Trinajstić information content (AvgIpc) is 2.51. The summed E-state index contributed by atoms with van der Waals surface area (Å²) in [6.45, 7) is 1.98. The second kappa shape index (κ2) is 5.35. The van der Waals surface area contributed by atoms with Crippen LogP contribution in [0, 0.1) is 5.92 Å². The molecule has 0 saturated heterocycles. The first-order valence-corrected chi connectivity index (χ1v) is 7.65. The summed E-state index contributed by atoms with van der Waals surface area (Å²) < 4.78 is 0. The fraction of sp³-hybridized carbons (Fsp3) is 0.444. The predicted octanol–water partition coefficient (Wildman–Crippen LogP) is 4.35. The minimum absolute atomic E-state index is 0.0725. The predicted molar refractivity (Wildman–Crippen MR) is 79.0 cm³/mol. The van der Waals surface area contributed by atoms with Crippen LogP contribution in [0.1, 0.15) is 66.2 Å². The van der Waals surface area contributed by atoms with Crippen LogP contribution >= 0.6 is 0 Å². The molecule has 3 rings (SSSR count). The Hall–Kier alpha value is -1.70. The highest BCUT2D eigenvalue weighted by Crippen LogP contribution is 2.38. The first-order valence-electron chi connectivity index (χ1n) is 7.65. The normalized spacial score (nSPS) is 20.2. The van der Waals surface area contributed by atoms with E-state index in [0.29, 0.717) is 23.5 Å². The van der Waals surface area contributed by atoms with Crippen LogP contribution in [-0.4, -0.2) is 11.6 Å². The third kappa shape index (κ3) is 2.04.